The van der Waals surface area contributed by atoms with Gasteiger partial charge in [-0.05, 0) is 54.8 Å². The van der Waals surface area contributed by atoms with E-state index in [2.05, 4.69) is 12.2 Å². The number of hydrogen-bond donors (Lipinski definition) is 1. The molecule has 0 bridgehead atoms. The zero-order valence-electron chi connectivity index (χ0n) is 17.7. The minimum absolute atomic E-state index is 0.0899. The van der Waals surface area contributed by atoms with E-state index in [1.165, 1.54) is 19.3 Å². The van der Waals surface area contributed by atoms with E-state index in [-0.39, 0.29) is 11.8 Å². The molecule has 5 nitrogen and oxygen atoms in total. The second-order valence-electron chi connectivity index (χ2n) is 7.38. The molecule has 0 aromatic heterocycles. The first-order valence-corrected chi connectivity index (χ1v) is 10.3. The average molecular weight is 397 g/mol. The lowest BCUT2D eigenvalue weighted by Crippen LogP contribution is -2.21. The molecule has 0 fully saturated rings. The van der Waals surface area contributed by atoms with Gasteiger partial charge < -0.3 is 15.0 Å². The molecule has 2 aromatic carbocycles. The Labute approximate surface area is 174 Å². The number of hydrogen-bond acceptors (Lipinski definition) is 3. The van der Waals surface area contributed by atoms with Crippen LogP contribution in [0.15, 0.2) is 48.5 Å². The van der Waals surface area contributed by atoms with Crippen LogP contribution in [0.3, 0.4) is 0 Å². The Morgan fingerprint density at radius 2 is 1.76 bits per heavy atom. The van der Waals surface area contributed by atoms with Gasteiger partial charge in [0, 0.05) is 31.8 Å². The van der Waals surface area contributed by atoms with Crippen molar-refractivity contribution in [3.05, 3.63) is 59.7 Å². The highest BCUT2D eigenvalue weighted by Gasteiger charge is 2.08. The molecule has 5 heteroatoms. The van der Waals surface area contributed by atoms with E-state index < -0.39 is 0 Å². The molecule has 0 spiro atoms. The smallest absolute Gasteiger partial charge is 0.255 e. The number of ether oxygens (including phenoxy) is 1. The molecule has 0 aliphatic carbocycles. The van der Waals surface area contributed by atoms with Crippen molar-refractivity contribution in [2.24, 2.45) is 0 Å². The van der Waals surface area contributed by atoms with Crippen LogP contribution in [0.1, 0.15) is 54.9 Å². The summed E-state index contributed by atoms with van der Waals surface area (Å²) in [5.74, 6) is 0.707. The molecule has 0 heterocycles. The third-order valence-electron chi connectivity index (χ3n) is 4.69. The summed E-state index contributed by atoms with van der Waals surface area (Å²) in [6.07, 6.45) is 5.76. The molecule has 29 heavy (non-hydrogen) atoms. The van der Waals surface area contributed by atoms with Crippen LogP contribution in [0.4, 0.5) is 5.69 Å². The van der Waals surface area contributed by atoms with Crippen molar-refractivity contribution in [1.82, 2.24) is 4.90 Å². The van der Waals surface area contributed by atoms with Gasteiger partial charge in [0.25, 0.3) is 5.91 Å². The number of carbonyl (C=O) groups excluding carboxylic acids is 2. The molecule has 156 valence electrons. The molecule has 2 aromatic rings. The summed E-state index contributed by atoms with van der Waals surface area (Å²) in [4.78, 5) is 25.8. The fourth-order valence-electron chi connectivity index (χ4n) is 2.90. The van der Waals surface area contributed by atoms with Crippen molar-refractivity contribution < 1.29 is 14.3 Å². The number of nitrogens with zero attached hydrogens (tertiary/aromatic N) is 1. The number of benzene rings is 2. The molecule has 0 saturated carbocycles. The first kappa shape index (κ1) is 22.5. The number of amides is 2. The maximum Gasteiger partial charge on any atom is 0.255 e. The van der Waals surface area contributed by atoms with E-state index in [0.717, 1.165) is 23.4 Å². The van der Waals surface area contributed by atoms with Crippen molar-refractivity contribution >= 4 is 17.5 Å². The van der Waals surface area contributed by atoms with Gasteiger partial charge in [-0.1, -0.05) is 38.3 Å². The van der Waals surface area contributed by atoms with Gasteiger partial charge in [0.05, 0.1) is 6.61 Å². The standard InChI is InChI=1S/C24H32N2O3/c1-4-5-6-7-17-29-22-14-12-20(13-15-22)24(28)25-21-10-8-9-19(18-21)11-16-23(27)26(2)3/h8-10,12-15,18H,4-7,11,16-17H2,1-3H3,(H,25,28). The summed E-state index contributed by atoms with van der Waals surface area (Å²) in [6, 6.07) is 14.8. The molecular formula is C24H32N2O3. The summed E-state index contributed by atoms with van der Waals surface area (Å²) in [7, 11) is 3.50. The Bertz CT molecular complexity index is 785. The Morgan fingerprint density at radius 1 is 1.00 bits per heavy atom. The van der Waals surface area contributed by atoms with Crippen LogP contribution in [-0.4, -0.2) is 37.4 Å². The molecule has 0 aliphatic heterocycles. The van der Waals surface area contributed by atoms with Crippen molar-refractivity contribution in [3.63, 3.8) is 0 Å². The summed E-state index contributed by atoms with van der Waals surface area (Å²) < 4.78 is 5.72. The second-order valence-corrected chi connectivity index (χ2v) is 7.38. The lowest BCUT2D eigenvalue weighted by Gasteiger charge is -2.11. The van der Waals surface area contributed by atoms with E-state index in [1.54, 1.807) is 31.1 Å². The third kappa shape index (κ3) is 7.98. The molecule has 0 atom stereocenters. The van der Waals surface area contributed by atoms with Crippen molar-refractivity contribution in [2.45, 2.75) is 45.4 Å². The number of unbranched alkanes of at least 4 members (excludes halogenated alkanes) is 3. The Morgan fingerprint density at radius 3 is 2.45 bits per heavy atom. The van der Waals surface area contributed by atoms with Gasteiger partial charge in [-0.3, -0.25) is 9.59 Å². The Hall–Kier alpha value is -2.82. The van der Waals surface area contributed by atoms with Crippen LogP contribution in [0, 0.1) is 0 Å². The van der Waals surface area contributed by atoms with Gasteiger partial charge in [0.2, 0.25) is 5.91 Å². The van der Waals surface area contributed by atoms with Crippen molar-refractivity contribution in [2.75, 3.05) is 26.0 Å². The lowest BCUT2D eigenvalue weighted by atomic mass is 10.1. The van der Waals surface area contributed by atoms with E-state index in [9.17, 15) is 9.59 Å². The number of aryl methyl sites for hydroxylation is 1. The topological polar surface area (TPSA) is 58.6 Å². The lowest BCUT2D eigenvalue weighted by molar-refractivity contribution is -0.128. The molecule has 1 N–H and O–H groups in total. The molecule has 0 saturated heterocycles. The Kier molecular flexibility index (Phi) is 9.22. The first-order valence-electron chi connectivity index (χ1n) is 10.3. The minimum atomic E-state index is -0.166. The number of nitrogens with one attached hydrogen (secondary N) is 1. The fraction of sp³-hybridized carbons (Fsp3) is 0.417. The average Bonchev–Trinajstić information content (AvgIpc) is 2.72. The van der Waals surface area contributed by atoms with Gasteiger partial charge >= 0.3 is 0 Å². The summed E-state index contributed by atoms with van der Waals surface area (Å²) in [5, 5.41) is 2.92. The molecule has 2 rings (SSSR count). The highest BCUT2D eigenvalue weighted by atomic mass is 16.5. The van der Waals surface area contributed by atoms with Gasteiger partial charge in [-0.15, -0.1) is 0 Å². The molecule has 2 amide bonds. The number of anilines is 1. The fourth-order valence-corrected chi connectivity index (χ4v) is 2.90. The van der Waals surface area contributed by atoms with E-state index in [4.69, 9.17) is 4.74 Å². The Balaban J connectivity index is 1.86. The van der Waals surface area contributed by atoms with Crippen molar-refractivity contribution in [1.29, 1.82) is 0 Å². The highest BCUT2D eigenvalue weighted by molar-refractivity contribution is 6.04. The van der Waals surface area contributed by atoms with Crippen LogP contribution in [0.5, 0.6) is 5.75 Å². The van der Waals surface area contributed by atoms with E-state index in [0.29, 0.717) is 25.0 Å². The zero-order chi connectivity index (χ0) is 21.1. The normalized spacial score (nSPS) is 10.4. The van der Waals surface area contributed by atoms with Crippen LogP contribution in [0.2, 0.25) is 0 Å². The molecule has 0 radical (unpaired) electrons. The SMILES string of the molecule is CCCCCCOc1ccc(C(=O)Nc2cccc(CCC(=O)N(C)C)c2)cc1. The number of rotatable bonds is 11. The monoisotopic (exact) mass is 396 g/mol. The predicted molar refractivity (Wildman–Crippen MR) is 117 cm³/mol. The van der Waals surface area contributed by atoms with E-state index in [1.807, 2.05) is 36.4 Å². The second kappa shape index (κ2) is 11.9. The van der Waals surface area contributed by atoms with Gasteiger partial charge in [-0.25, -0.2) is 0 Å². The minimum Gasteiger partial charge on any atom is -0.494 e. The van der Waals surface area contributed by atoms with Crippen LogP contribution in [-0.2, 0) is 11.2 Å². The summed E-state index contributed by atoms with van der Waals surface area (Å²) >= 11 is 0. The van der Waals surface area contributed by atoms with Gasteiger partial charge in [-0.2, -0.15) is 0 Å². The predicted octanol–water partition coefficient (Wildman–Crippen LogP) is 4.92. The first-order chi connectivity index (χ1) is 14.0. The quantitative estimate of drug-likeness (QED) is 0.549. The highest BCUT2D eigenvalue weighted by Crippen LogP contribution is 2.17. The third-order valence-corrected chi connectivity index (χ3v) is 4.69. The maximum atomic E-state index is 12.5. The van der Waals surface area contributed by atoms with Crippen LogP contribution < -0.4 is 10.1 Å². The van der Waals surface area contributed by atoms with Crippen LogP contribution in [0.25, 0.3) is 0 Å². The van der Waals surface area contributed by atoms with Gasteiger partial charge in [0.1, 0.15) is 5.75 Å². The molecule has 0 aliphatic rings. The molecular weight excluding hydrogens is 364 g/mol. The summed E-state index contributed by atoms with van der Waals surface area (Å²) in [6.45, 7) is 2.89. The van der Waals surface area contributed by atoms with Crippen molar-refractivity contribution in [3.8, 4) is 5.75 Å². The van der Waals surface area contributed by atoms with Crippen LogP contribution >= 0.6 is 0 Å². The van der Waals surface area contributed by atoms with E-state index >= 15 is 0 Å². The largest absolute Gasteiger partial charge is 0.494 e. The maximum absolute atomic E-state index is 12.5. The van der Waals surface area contributed by atoms with Gasteiger partial charge in [0.15, 0.2) is 0 Å². The number of carbonyl (C=O) groups is 2. The zero-order valence-corrected chi connectivity index (χ0v) is 17.7. The summed E-state index contributed by atoms with van der Waals surface area (Å²) in [5.41, 5.74) is 2.32. The molecule has 0 unspecified atom stereocenters.